The van der Waals surface area contributed by atoms with E-state index in [-0.39, 0.29) is 5.91 Å². The lowest BCUT2D eigenvalue weighted by atomic mass is 9.98. The van der Waals surface area contributed by atoms with Crippen molar-refractivity contribution in [2.75, 3.05) is 13.1 Å². The number of likely N-dealkylation sites (tertiary alicyclic amines) is 1. The molecule has 5 heteroatoms. The van der Waals surface area contributed by atoms with E-state index in [9.17, 15) is 9.59 Å². The number of carbonyl (C=O) groups is 2. The SMILES string of the molecule is O=C(O)c1ccc(C[C@H]2CCN(C(=O)c3nccc4ccccc34)C2)cc1. The van der Waals surface area contributed by atoms with Crippen LogP contribution in [0.15, 0.2) is 60.8 Å². The van der Waals surface area contributed by atoms with E-state index in [0.29, 0.717) is 23.7 Å². The van der Waals surface area contributed by atoms with Crippen LogP contribution in [0.1, 0.15) is 32.8 Å². The van der Waals surface area contributed by atoms with E-state index >= 15 is 0 Å². The van der Waals surface area contributed by atoms with Crippen molar-refractivity contribution in [3.8, 4) is 0 Å². The van der Waals surface area contributed by atoms with E-state index in [1.54, 1.807) is 18.3 Å². The summed E-state index contributed by atoms with van der Waals surface area (Å²) in [6.45, 7) is 1.42. The fourth-order valence-electron chi connectivity index (χ4n) is 3.74. The first kappa shape index (κ1) is 17.2. The van der Waals surface area contributed by atoms with Gasteiger partial charge in [0, 0.05) is 24.7 Å². The second-order valence-corrected chi connectivity index (χ2v) is 6.99. The van der Waals surface area contributed by atoms with Gasteiger partial charge in [-0.15, -0.1) is 0 Å². The average molecular weight is 360 g/mol. The number of benzene rings is 2. The topological polar surface area (TPSA) is 70.5 Å². The molecule has 0 unspecified atom stereocenters. The molecule has 0 saturated carbocycles. The van der Waals surface area contributed by atoms with Gasteiger partial charge in [0.2, 0.25) is 0 Å². The number of carboxylic acids is 1. The Morgan fingerprint density at radius 2 is 1.85 bits per heavy atom. The van der Waals surface area contributed by atoms with E-state index in [2.05, 4.69) is 4.98 Å². The van der Waals surface area contributed by atoms with Crippen molar-refractivity contribution in [3.05, 3.63) is 77.6 Å². The Bertz CT molecular complexity index is 993. The molecule has 0 radical (unpaired) electrons. The molecule has 2 heterocycles. The molecule has 0 spiro atoms. The fourth-order valence-corrected chi connectivity index (χ4v) is 3.74. The first-order valence-corrected chi connectivity index (χ1v) is 9.07. The third-order valence-corrected chi connectivity index (χ3v) is 5.17. The van der Waals surface area contributed by atoms with Crippen LogP contribution in [-0.4, -0.2) is 40.0 Å². The minimum absolute atomic E-state index is 0.0180. The van der Waals surface area contributed by atoms with Gasteiger partial charge in [-0.1, -0.05) is 36.4 Å². The number of nitrogens with zero attached hydrogens (tertiary/aromatic N) is 2. The highest BCUT2D eigenvalue weighted by molar-refractivity contribution is 6.05. The van der Waals surface area contributed by atoms with Gasteiger partial charge in [0.15, 0.2) is 0 Å². The normalized spacial score (nSPS) is 16.6. The largest absolute Gasteiger partial charge is 0.478 e. The van der Waals surface area contributed by atoms with Crippen molar-refractivity contribution in [3.63, 3.8) is 0 Å². The number of fused-ring (bicyclic) bond motifs is 1. The number of hydrogen-bond donors (Lipinski definition) is 1. The first-order chi connectivity index (χ1) is 13.1. The van der Waals surface area contributed by atoms with Crippen LogP contribution < -0.4 is 0 Å². The lowest BCUT2D eigenvalue weighted by Crippen LogP contribution is -2.29. The summed E-state index contributed by atoms with van der Waals surface area (Å²) in [6.07, 6.45) is 3.47. The van der Waals surface area contributed by atoms with Crippen molar-refractivity contribution in [1.82, 2.24) is 9.88 Å². The van der Waals surface area contributed by atoms with E-state index in [1.807, 2.05) is 47.4 Å². The first-order valence-electron chi connectivity index (χ1n) is 9.07. The van der Waals surface area contributed by atoms with Gasteiger partial charge < -0.3 is 10.0 Å². The smallest absolute Gasteiger partial charge is 0.335 e. The number of rotatable bonds is 4. The van der Waals surface area contributed by atoms with Gasteiger partial charge in [-0.25, -0.2) is 4.79 Å². The van der Waals surface area contributed by atoms with Crippen LogP contribution in [0, 0.1) is 5.92 Å². The molecule has 1 amide bonds. The predicted octanol–water partition coefficient (Wildman–Crippen LogP) is 3.64. The monoisotopic (exact) mass is 360 g/mol. The molecule has 1 N–H and O–H groups in total. The van der Waals surface area contributed by atoms with Crippen LogP contribution in [0.25, 0.3) is 10.8 Å². The maximum Gasteiger partial charge on any atom is 0.335 e. The van der Waals surface area contributed by atoms with Crippen LogP contribution in [0.4, 0.5) is 0 Å². The highest BCUT2D eigenvalue weighted by atomic mass is 16.4. The van der Waals surface area contributed by atoms with Gasteiger partial charge >= 0.3 is 5.97 Å². The molecule has 1 saturated heterocycles. The third kappa shape index (κ3) is 3.53. The summed E-state index contributed by atoms with van der Waals surface area (Å²) in [7, 11) is 0. The summed E-state index contributed by atoms with van der Waals surface area (Å²) in [6, 6.07) is 16.7. The molecular formula is C22H20N2O3. The Kier molecular flexibility index (Phi) is 4.59. The molecular weight excluding hydrogens is 340 g/mol. The van der Waals surface area contributed by atoms with Gasteiger partial charge in [-0.05, 0) is 47.9 Å². The fraction of sp³-hybridized carbons (Fsp3) is 0.227. The van der Waals surface area contributed by atoms with Gasteiger partial charge in [0.1, 0.15) is 5.69 Å². The summed E-state index contributed by atoms with van der Waals surface area (Å²) >= 11 is 0. The summed E-state index contributed by atoms with van der Waals surface area (Å²) < 4.78 is 0. The highest BCUT2D eigenvalue weighted by Crippen LogP contribution is 2.24. The number of pyridine rings is 1. The molecule has 0 aliphatic carbocycles. The number of aromatic nitrogens is 1. The van der Waals surface area contributed by atoms with E-state index < -0.39 is 5.97 Å². The maximum absolute atomic E-state index is 13.0. The summed E-state index contributed by atoms with van der Waals surface area (Å²) in [5, 5.41) is 10.9. The van der Waals surface area contributed by atoms with Crippen molar-refractivity contribution >= 4 is 22.6 Å². The molecule has 1 atom stereocenters. The molecule has 1 aliphatic rings. The lowest BCUT2D eigenvalue weighted by Gasteiger charge is -2.17. The Hall–Kier alpha value is -3.21. The molecule has 2 aromatic carbocycles. The standard InChI is InChI=1S/C22H20N2O3/c25-21(20-19-4-2-1-3-17(19)9-11-23-20)24-12-10-16(14-24)13-15-5-7-18(8-6-15)22(26)27/h1-9,11,16H,10,12-14H2,(H,26,27)/t16-/m1/s1. The van der Waals surface area contributed by atoms with Crippen LogP contribution in [0.5, 0.6) is 0 Å². The van der Waals surface area contributed by atoms with Crippen molar-refractivity contribution in [2.45, 2.75) is 12.8 Å². The predicted molar refractivity (Wildman–Crippen MR) is 103 cm³/mol. The highest BCUT2D eigenvalue weighted by Gasteiger charge is 2.28. The number of carboxylic acid groups (broad SMARTS) is 1. The number of aromatic carboxylic acids is 1. The minimum Gasteiger partial charge on any atom is -0.478 e. The molecule has 1 aromatic heterocycles. The van der Waals surface area contributed by atoms with Crippen LogP contribution in [-0.2, 0) is 6.42 Å². The van der Waals surface area contributed by atoms with Gasteiger partial charge in [0.05, 0.1) is 5.56 Å². The third-order valence-electron chi connectivity index (χ3n) is 5.17. The van der Waals surface area contributed by atoms with Gasteiger partial charge in [-0.3, -0.25) is 9.78 Å². The summed E-state index contributed by atoms with van der Waals surface area (Å²) in [4.78, 5) is 30.1. The second-order valence-electron chi connectivity index (χ2n) is 6.99. The molecule has 5 nitrogen and oxygen atoms in total. The molecule has 4 rings (SSSR count). The zero-order chi connectivity index (χ0) is 18.8. The zero-order valence-corrected chi connectivity index (χ0v) is 14.8. The molecule has 27 heavy (non-hydrogen) atoms. The Morgan fingerprint density at radius 3 is 2.63 bits per heavy atom. The van der Waals surface area contributed by atoms with E-state index in [4.69, 9.17) is 5.11 Å². The summed E-state index contributed by atoms with van der Waals surface area (Å²) in [5.41, 5.74) is 1.91. The van der Waals surface area contributed by atoms with Crippen molar-refractivity contribution in [2.24, 2.45) is 5.92 Å². The zero-order valence-electron chi connectivity index (χ0n) is 14.8. The average Bonchev–Trinajstić information content (AvgIpc) is 3.16. The van der Waals surface area contributed by atoms with E-state index in [1.165, 1.54) is 0 Å². The van der Waals surface area contributed by atoms with Crippen molar-refractivity contribution in [1.29, 1.82) is 0 Å². The van der Waals surface area contributed by atoms with Crippen LogP contribution >= 0.6 is 0 Å². The van der Waals surface area contributed by atoms with Crippen LogP contribution in [0.3, 0.4) is 0 Å². The second kappa shape index (κ2) is 7.19. The lowest BCUT2D eigenvalue weighted by molar-refractivity contribution is 0.0696. The molecule has 3 aromatic rings. The maximum atomic E-state index is 13.0. The van der Waals surface area contributed by atoms with E-state index in [0.717, 1.165) is 35.7 Å². The quantitative estimate of drug-likeness (QED) is 0.771. The number of carbonyl (C=O) groups excluding carboxylic acids is 1. The molecule has 1 aliphatic heterocycles. The number of hydrogen-bond acceptors (Lipinski definition) is 3. The van der Waals surface area contributed by atoms with Gasteiger partial charge in [-0.2, -0.15) is 0 Å². The Labute approximate surface area is 157 Å². The Balaban J connectivity index is 1.46. The summed E-state index contributed by atoms with van der Waals surface area (Å²) in [5.74, 6) is -0.558. The Morgan fingerprint density at radius 1 is 1.07 bits per heavy atom. The number of amides is 1. The van der Waals surface area contributed by atoms with Crippen LogP contribution in [0.2, 0.25) is 0 Å². The molecule has 0 bridgehead atoms. The van der Waals surface area contributed by atoms with Crippen molar-refractivity contribution < 1.29 is 14.7 Å². The minimum atomic E-state index is -0.915. The molecule has 136 valence electrons. The van der Waals surface area contributed by atoms with Gasteiger partial charge in [0.25, 0.3) is 5.91 Å². The molecule has 1 fully saturated rings.